The van der Waals surface area contributed by atoms with Crippen molar-refractivity contribution in [1.82, 2.24) is 0 Å². The molecule has 3 rings (SSSR count). The third kappa shape index (κ3) is 2.26. The monoisotopic (exact) mass is 245 g/mol. The molecule has 2 unspecified atom stereocenters. The van der Waals surface area contributed by atoms with Gasteiger partial charge in [0.1, 0.15) is 5.75 Å². The first-order chi connectivity index (χ1) is 8.88. The number of ether oxygens (including phenoxy) is 1. The van der Waals surface area contributed by atoms with Crippen molar-refractivity contribution in [1.29, 1.82) is 0 Å². The van der Waals surface area contributed by atoms with Crippen molar-refractivity contribution in [3.8, 4) is 5.75 Å². The molecule has 1 aliphatic carbocycles. The van der Waals surface area contributed by atoms with E-state index in [0.29, 0.717) is 11.8 Å². The van der Waals surface area contributed by atoms with Crippen LogP contribution in [0.1, 0.15) is 49.1 Å². The highest BCUT2D eigenvalue weighted by Crippen LogP contribution is 2.38. The fourth-order valence-electron chi connectivity index (χ4n) is 3.54. The minimum Gasteiger partial charge on any atom is -0.493 e. The van der Waals surface area contributed by atoms with Crippen LogP contribution in [0.4, 0.5) is 0 Å². The number of rotatable bonds is 2. The highest BCUT2D eigenvalue weighted by Gasteiger charge is 2.25. The second-order valence-corrected chi connectivity index (χ2v) is 5.71. The molecule has 0 amide bonds. The summed E-state index contributed by atoms with van der Waals surface area (Å²) in [5, 5.41) is 0. The second-order valence-electron chi connectivity index (χ2n) is 5.71. The van der Waals surface area contributed by atoms with Crippen LogP contribution >= 0.6 is 0 Å². The second kappa shape index (κ2) is 5.31. The molecule has 2 nitrogen and oxygen atoms in total. The summed E-state index contributed by atoms with van der Waals surface area (Å²) in [5.74, 6) is 2.44. The molecule has 2 N–H and O–H groups in total. The Morgan fingerprint density at radius 1 is 1.17 bits per heavy atom. The minimum absolute atomic E-state index is 0.670. The van der Waals surface area contributed by atoms with Crippen LogP contribution in [0.15, 0.2) is 18.2 Å². The lowest BCUT2D eigenvalue weighted by molar-refractivity contribution is 0.356. The zero-order valence-corrected chi connectivity index (χ0v) is 11.0. The van der Waals surface area contributed by atoms with E-state index in [1.165, 1.54) is 43.2 Å². The van der Waals surface area contributed by atoms with E-state index in [1.54, 1.807) is 0 Å². The van der Waals surface area contributed by atoms with Gasteiger partial charge in [-0.25, -0.2) is 0 Å². The van der Waals surface area contributed by atoms with Crippen LogP contribution in [0.3, 0.4) is 0 Å². The van der Waals surface area contributed by atoms with Crippen LogP contribution in [-0.4, -0.2) is 13.2 Å². The zero-order valence-electron chi connectivity index (χ0n) is 11.0. The average Bonchev–Trinajstić information content (AvgIpc) is 2.74. The first-order valence-corrected chi connectivity index (χ1v) is 7.34. The number of fused-ring (bicyclic) bond motifs is 1. The summed E-state index contributed by atoms with van der Waals surface area (Å²) in [4.78, 5) is 0. The number of hydrogen-bond acceptors (Lipinski definition) is 2. The zero-order chi connectivity index (χ0) is 12.4. The third-order valence-corrected chi connectivity index (χ3v) is 4.60. The molecule has 0 radical (unpaired) electrons. The Hall–Kier alpha value is -1.02. The van der Waals surface area contributed by atoms with Gasteiger partial charge in [-0.15, -0.1) is 0 Å². The molecular formula is C16H23NO. The summed E-state index contributed by atoms with van der Waals surface area (Å²) in [5.41, 5.74) is 8.88. The van der Waals surface area contributed by atoms with Gasteiger partial charge >= 0.3 is 0 Å². The molecule has 0 saturated heterocycles. The van der Waals surface area contributed by atoms with Crippen LogP contribution in [0, 0.1) is 5.92 Å². The molecule has 1 fully saturated rings. The third-order valence-electron chi connectivity index (χ3n) is 4.60. The van der Waals surface area contributed by atoms with E-state index in [1.807, 2.05) is 0 Å². The van der Waals surface area contributed by atoms with Gasteiger partial charge in [0.2, 0.25) is 0 Å². The number of nitrogens with two attached hydrogens (primary N) is 1. The van der Waals surface area contributed by atoms with E-state index in [9.17, 15) is 0 Å². The van der Waals surface area contributed by atoms with Crippen LogP contribution in [-0.2, 0) is 6.42 Å². The Morgan fingerprint density at radius 3 is 2.94 bits per heavy atom. The largest absolute Gasteiger partial charge is 0.493 e. The van der Waals surface area contributed by atoms with Crippen LogP contribution in [0.2, 0.25) is 0 Å². The predicted molar refractivity (Wildman–Crippen MR) is 74.0 cm³/mol. The Labute approximate surface area is 110 Å². The molecule has 2 atom stereocenters. The molecule has 1 aliphatic heterocycles. The predicted octanol–water partition coefficient (Wildman–Crippen LogP) is 3.24. The number of hydrogen-bond donors (Lipinski definition) is 1. The van der Waals surface area contributed by atoms with E-state index < -0.39 is 0 Å². The maximum absolute atomic E-state index is 5.99. The molecule has 98 valence electrons. The van der Waals surface area contributed by atoms with Crippen molar-refractivity contribution >= 4 is 0 Å². The van der Waals surface area contributed by atoms with E-state index in [-0.39, 0.29) is 0 Å². The maximum Gasteiger partial charge on any atom is 0.122 e. The SMILES string of the molecule is NCC1CCCCCC1c1ccc2c(c1)CCO2. The topological polar surface area (TPSA) is 35.2 Å². The van der Waals surface area contributed by atoms with E-state index in [4.69, 9.17) is 10.5 Å². The van der Waals surface area contributed by atoms with Crippen LogP contribution in [0.5, 0.6) is 5.75 Å². The fraction of sp³-hybridized carbons (Fsp3) is 0.625. The van der Waals surface area contributed by atoms with Crippen LogP contribution < -0.4 is 10.5 Å². The highest BCUT2D eigenvalue weighted by molar-refractivity contribution is 5.41. The molecule has 0 spiro atoms. The van der Waals surface area contributed by atoms with Crippen LogP contribution in [0.25, 0.3) is 0 Å². The summed E-state index contributed by atoms with van der Waals surface area (Å²) in [6.45, 7) is 1.68. The minimum atomic E-state index is 0.670. The first-order valence-electron chi connectivity index (χ1n) is 7.34. The van der Waals surface area contributed by atoms with Gasteiger partial charge in [0, 0.05) is 6.42 Å². The molecule has 0 aromatic heterocycles. The van der Waals surface area contributed by atoms with Gasteiger partial charge in [-0.05, 0) is 48.4 Å². The Balaban J connectivity index is 1.87. The lowest BCUT2D eigenvalue weighted by atomic mass is 9.82. The molecular weight excluding hydrogens is 222 g/mol. The van der Waals surface area contributed by atoms with Gasteiger partial charge in [0.05, 0.1) is 6.61 Å². The summed E-state index contributed by atoms with van der Waals surface area (Å²) in [6, 6.07) is 6.81. The Kier molecular flexibility index (Phi) is 3.55. The quantitative estimate of drug-likeness (QED) is 0.812. The molecule has 2 heteroatoms. The normalized spacial score (nSPS) is 27.4. The van der Waals surface area contributed by atoms with Gasteiger partial charge in [0.25, 0.3) is 0 Å². The molecule has 2 aliphatic rings. The lowest BCUT2D eigenvalue weighted by Gasteiger charge is -2.24. The number of benzene rings is 1. The van der Waals surface area contributed by atoms with E-state index >= 15 is 0 Å². The van der Waals surface area contributed by atoms with E-state index in [0.717, 1.165) is 25.3 Å². The van der Waals surface area contributed by atoms with Gasteiger partial charge in [0.15, 0.2) is 0 Å². The lowest BCUT2D eigenvalue weighted by Crippen LogP contribution is -2.21. The van der Waals surface area contributed by atoms with Gasteiger partial charge < -0.3 is 10.5 Å². The molecule has 1 saturated carbocycles. The van der Waals surface area contributed by atoms with Crippen molar-refractivity contribution in [2.45, 2.75) is 44.4 Å². The van der Waals surface area contributed by atoms with Crippen molar-refractivity contribution in [2.24, 2.45) is 11.7 Å². The summed E-state index contributed by atoms with van der Waals surface area (Å²) < 4.78 is 5.59. The summed E-state index contributed by atoms with van der Waals surface area (Å²) in [7, 11) is 0. The molecule has 1 heterocycles. The maximum atomic E-state index is 5.99. The fourth-order valence-corrected chi connectivity index (χ4v) is 3.54. The molecule has 1 aromatic carbocycles. The van der Waals surface area contributed by atoms with Crippen molar-refractivity contribution in [3.05, 3.63) is 29.3 Å². The van der Waals surface area contributed by atoms with Crippen molar-refractivity contribution < 1.29 is 4.74 Å². The van der Waals surface area contributed by atoms with Crippen molar-refractivity contribution in [3.63, 3.8) is 0 Å². The van der Waals surface area contributed by atoms with Crippen molar-refractivity contribution in [2.75, 3.05) is 13.2 Å². The summed E-state index contributed by atoms with van der Waals surface area (Å²) >= 11 is 0. The summed E-state index contributed by atoms with van der Waals surface area (Å²) in [6.07, 6.45) is 7.77. The Bertz CT molecular complexity index is 416. The average molecular weight is 245 g/mol. The Morgan fingerprint density at radius 2 is 2.06 bits per heavy atom. The smallest absolute Gasteiger partial charge is 0.122 e. The van der Waals surface area contributed by atoms with Gasteiger partial charge in [-0.2, -0.15) is 0 Å². The first kappa shape index (κ1) is 12.0. The van der Waals surface area contributed by atoms with Gasteiger partial charge in [-0.3, -0.25) is 0 Å². The molecule has 0 bridgehead atoms. The van der Waals surface area contributed by atoms with E-state index in [2.05, 4.69) is 18.2 Å². The van der Waals surface area contributed by atoms with Gasteiger partial charge in [-0.1, -0.05) is 31.4 Å². The highest BCUT2D eigenvalue weighted by atomic mass is 16.5. The standard InChI is InChI=1S/C16H23NO/c17-11-14-4-2-1-3-5-15(14)12-6-7-16-13(10-12)8-9-18-16/h6-7,10,14-15H,1-5,8-9,11,17H2. The molecule has 1 aromatic rings. The molecule has 18 heavy (non-hydrogen) atoms.